The first-order chi connectivity index (χ1) is 8.52. The van der Waals surface area contributed by atoms with Gasteiger partial charge in [0.1, 0.15) is 5.75 Å². The third kappa shape index (κ3) is 2.34. The lowest BCUT2D eigenvalue weighted by atomic mass is 9.98. The summed E-state index contributed by atoms with van der Waals surface area (Å²) in [4.78, 5) is 15.3. The van der Waals surface area contributed by atoms with Crippen LogP contribution in [-0.2, 0) is 0 Å². The van der Waals surface area contributed by atoms with Gasteiger partial charge in [0.25, 0.3) is 0 Å². The van der Waals surface area contributed by atoms with Crippen LogP contribution in [0, 0.1) is 6.92 Å². The van der Waals surface area contributed by atoms with Gasteiger partial charge in [0.2, 0.25) is 0 Å². The Bertz CT molecular complexity index is 610. The Kier molecular flexibility index (Phi) is 3.57. The maximum atomic E-state index is 11.4. The van der Waals surface area contributed by atoms with Crippen LogP contribution in [0.25, 0.3) is 11.3 Å². The highest BCUT2D eigenvalue weighted by Gasteiger charge is 2.12. The van der Waals surface area contributed by atoms with Crippen LogP contribution in [0.5, 0.6) is 5.75 Å². The molecule has 1 N–H and O–H groups in total. The predicted octanol–water partition coefficient (Wildman–Crippen LogP) is 3.54. The van der Waals surface area contributed by atoms with E-state index in [1.165, 1.54) is 11.3 Å². The molecule has 2 rings (SSSR count). The molecular weight excluding hydrogens is 246 g/mol. The third-order valence-electron chi connectivity index (χ3n) is 2.97. The van der Waals surface area contributed by atoms with Crippen molar-refractivity contribution >= 4 is 11.3 Å². The van der Waals surface area contributed by atoms with Gasteiger partial charge >= 0.3 is 4.87 Å². The molecule has 2 aromatic rings. The average Bonchev–Trinajstić information content (AvgIpc) is 2.67. The van der Waals surface area contributed by atoms with Gasteiger partial charge < -0.3 is 9.72 Å². The maximum absolute atomic E-state index is 11.4. The Morgan fingerprint density at radius 2 is 2.06 bits per heavy atom. The zero-order chi connectivity index (χ0) is 13.3. The predicted molar refractivity (Wildman–Crippen MR) is 75.8 cm³/mol. The summed E-state index contributed by atoms with van der Waals surface area (Å²) in [5.41, 5.74) is 3.10. The van der Waals surface area contributed by atoms with E-state index in [1.807, 2.05) is 19.1 Å². The van der Waals surface area contributed by atoms with Gasteiger partial charge in [-0.15, -0.1) is 0 Å². The van der Waals surface area contributed by atoms with Crippen molar-refractivity contribution in [2.75, 3.05) is 7.11 Å². The summed E-state index contributed by atoms with van der Waals surface area (Å²) in [7, 11) is 1.68. The molecule has 1 aromatic carbocycles. The Balaban J connectivity index is 2.56. The van der Waals surface area contributed by atoms with E-state index >= 15 is 0 Å². The lowest BCUT2D eigenvalue weighted by Gasteiger charge is -2.13. The van der Waals surface area contributed by atoms with Gasteiger partial charge in [-0.05, 0) is 42.2 Å². The Labute approximate surface area is 110 Å². The number of H-pyrrole nitrogens is 1. The highest BCUT2D eigenvalue weighted by molar-refractivity contribution is 7.09. The van der Waals surface area contributed by atoms with Crippen LogP contribution in [0.3, 0.4) is 0 Å². The summed E-state index contributed by atoms with van der Waals surface area (Å²) >= 11 is 1.25. The second kappa shape index (κ2) is 4.98. The second-order valence-electron chi connectivity index (χ2n) is 4.56. The molecule has 0 amide bonds. The van der Waals surface area contributed by atoms with Gasteiger partial charge in [0, 0.05) is 4.88 Å². The fourth-order valence-corrected chi connectivity index (χ4v) is 2.72. The van der Waals surface area contributed by atoms with Crippen LogP contribution in [0.4, 0.5) is 0 Å². The van der Waals surface area contributed by atoms with Crippen molar-refractivity contribution in [1.29, 1.82) is 0 Å². The van der Waals surface area contributed by atoms with Crippen LogP contribution in [0.15, 0.2) is 23.0 Å². The number of aromatic nitrogens is 1. The van der Waals surface area contributed by atoms with Crippen molar-refractivity contribution in [2.45, 2.75) is 26.7 Å². The van der Waals surface area contributed by atoms with E-state index in [2.05, 4.69) is 24.9 Å². The molecule has 0 unspecified atom stereocenters. The molecule has 0 aliphatic heterocycles. The molecule has 0 atom stereocenters. The minimum Gasteiger partial charge on any atom is -0.496 e. The van der Waals surface area contributed by atoms with Gasteiger partial charge in [-0.25, -0.2) is 0 Å². The summed E-state index contributed by atoms with van der Waals surface area (Å²) in [6, 6.07) is 6.03. The lowest BCUT2D eigenvalue weighted by Crippen LogP contribution is -1.96. The molecule has 1 heterocycles. The monoisotopic (exact) mass is 263 g/mol. The first kappa shape index (κ1) is 12.9. The van der Waals surface area contributed by atoms with Crippen LogP contribution in [0.1, 0.15) is 30.2 Å². The lowest BCUT2D eigenvalue weighted by molar-refractivity contribution is 0.407. The molecule has 4 heteroatoms. The number of benzene rings is 1. The van der Waals surface area contributed by atoms with Gasteiger partial charge in [-0.2, -0.15) is 0 Å². The van der Waals surface area contributed by atoms with Crippen molar-refractivity contribution in [1.82, 2.24) is 4.98 Å². The van der Waals surface area contributed by atoms with Crippen LogP contribution < -0.4 is 9.61 Å². The van der Waals surface area contributed by atoms with E-state index in [4.69, 9.17) is 4.74 Å². The zero-order valence-electron chi connectivity index (χ0n) is 11.0. The maximum Gasteiger partial charge on any atom is 0.305 e. The second-order valence-corrected chi connectivity index (χ2v) is 5.74. The molecule has 96 valence electrons. The van der Waals surface area contributed by atoms with E-state index in [1.54, 1.807) is 7.11 Å². The van der Waals surface area contributed by atoms with Gasteiger partial charge in [0.15, 0.2) is 0 Å². The number of hydrogen-bond acceptors (Lipinski definition) is 3. The average molecular weight is 263 g/mol. The number of nitrogens with one attached hydrogen (secondary N) is 1. The number of hydrogen-bond donors (Lipinski definition) is 1. The highest BCUT2D eigenvalue weighted by Crippen LogP contribution is 2.32. The third-order valence-corrected chi connectivity index (χ3v) is 3.76. The number of thiazole rings is 1. The normalized spacial score (nSPS) is 10.9. The van der Waals surface area contributed by atoms with E-state index < -0.39 is 0 Å². The van der Waals surface area contributed by atoms with Crippen molar-refractivity contribution in [3.8, 4) is 17.0 Å². The molecule has 1 aromatic heterocycles. The Morgan fingerprint density at radius 1 is 1.33 bits per heavy atom. The van der Waals surface area contributed by atoms with E-state index in [0.29, 0.717) is 5.92 Å². The van der Waals surface area contributed by atoms with Crippen LogP contribution >= 0.6 is 11.3 Å². The topological polar surface area (TPSA) is 42.1 Å². The summed E-state index contributed by atoms with van der Waals surface area (Å²) < 4.78 is 5.36. The van der Waals surface area contributed by atoms with Gasteiger partial charge in [-0.1, -0.05) is 25.2 Å². The molecule has 0 spiro atoms. The SMILES string of the molecule is COc1ccc(-c2[nH]c(=O)sc2C)cc1C(C)C. The quantitative estimate of drug-likeness (QED) is 0.920. The molecule has 18 heavy (non-hydrogen) atoms. The van der Waals surface area contributed by atoms with E-state index in [9.17, 15) is 4.79 Å². The molecule has 0 saturated carbocycles. The van der Waals surface area contributed by atoms with Crippen molar-refractivity contribution in [3.05, 3.63) is 38.3 Å². The molecular formula is C14H17NO2S. The highest BCUT2D eigenvalue weighted by atomic mass is 32.1. The number of rotatable bonds is 3. The molecule has 0 fully saturated rings. The number of aryl methyl sites for hydroxylation is 1. The van der Waals surface area contributed by atoms with Crippen LogP contribution in [-0.4, -0.2) is 12.1 Å². The Hall–Kier alpha value is -1.55. The first-order valence-electron chi connectivity index (χ1n) is 5.91. The van der Waals surface area contributed by atoms with Crippen LogP contribution in [0.2, 0.25) is 0 Å². The van der Waals surface area contributed by atoms with Crippen molar-refractivity contribution in [3.63, 3.8) is 0 Å². The fraction of sp³-hybridized carbons (Fsp3) is 0.357. The minimum absolute atomic E-state index is 0.00980. The summed E-state index contributed by atoms with van der Waals surface area (Å²) in [6.45, 7) is 6.22. The van der Waals surface area contributed by atoms with Gasteiger partial charge in [-0.3, -0.25) is 4.79 Å². The number of ether oxygens (including phenoxy) is 1. The Morgan fingerprint density at radius 3 is 2.56 bits per heavy atom. The molecule has 0 bridgehead atoms. The molecule has 0 aliphatic rings. The minimum atomic E-state index is -0.00980. The molecule has 0 saturated heterocycles. The number of aromatic amines is 1. The summed E-state index contributed by atoms with van der Waals surface area (Å²) in [5.74, 6) is 1.27. The van der Waals surface area contributed by atoms with E-state index in [-0.39, 0.29) is 4.87 Å². The largest absolute Gasteiger partial charge is 0.496 e. The smallest absolute Gasteiger partial charge is 0.305 e. The molecule has 0 radical (unpaired) electrons. The molecule has 0 aliphatic carbocycles. The van der Waals surface area contributed by atoms with Crippen molar-refractivity contribution < 1.29 is 4.74 Å². The number of methoxy groups -OCH3 is 1. The van der Waals surface area contributed by atoms with Gasteiger partial charge in [0.05, 0.1) is 12.8 Å². The summed E-state index contributed by atoms with van der Waals surface area (Å²) in [6.07, 6.45) is 0. The first-order valence-corrected chi connectivity index (χ1v) is 6.72. The summed E-state index contributed by atoms with van der Waals surface area (Å²) in [5, 5.41) is 0. The molecule has 3 nitrogen and oxygen atoms in total. The van der Waals surface area contributed by atoms with Crippen molar-refractivity contribution in [2.24, 2.45) is 0 Å². The zero-order valence-corrected chi connectivity index (χ0v) is 11.9. The van der Waals surface area contributed by atoms with E-state index in [0.717, 1.165) is 27.4 Å². The fourth-order valence-electron chi connectivity index (χ4n) is 2.02. The standard InChI is InChI=1S/C14H17NO2S/c1-8(2)11-7-10(5-6-12(11)17-4)13-9(3)18-14(16)15-13/h5-8H,1-4H3,(H,15,16).